The highest BCUT2D eigenvalue weighted by atomic mass is 16.4. The normalized spacial score (nSPS) is 12.8. The average Bonchev–Trinajstić information content (AvgIpc) is 2.82. The Labute approximate surface area is 229 Å². The smallest absolute Gasteiger partial charge is 0.303 e. The molecule has 0 heterocycles. The number of benzene rings is 1. The predicted octanol–water partition coefficient (Wildman–Crippen LogP) is 11.0. The predicted molar refractivity (Wildman–Crippen MR) is 160 cm³/mol. The van der Waals surface area contributed by atoms with Gasteiger partial charge in [-0.3, -0.25) is 4.79 Å². The lowest BCUT2D eigenvalue weighted by molar-refractivity contribution is -0.137. The Kier molecular flexibility index (Phi) is 16.9. The standard InChI is InChI=1S/C34H60O3/c1-7-8-9-10-11-12-13-14-15-16-17-18-19-20-21-22-23-28(26-32(35)36)29-24-30(27(2)3)33(37)31(25-29)34(4,5)6/h24-25,27-28,37H,7-23,26H2,1-6H3,(H,35,36). The van der Waals surface area contributed by atoms with Gasteiger partial charge in [0.1, 0.15) is 5.75 Å². The summed E-state index contributed by atoms with van der Waals surface area (Å²) in [5.41, 5.74) is 2.75. The molecule has 1 atom stereocenters. The van der Waals surface area contributed by atoms with Crippen LogP contribution in [0, 0.1) is 0 Å². The Bertz CT molecular complexity index is 744. The Morgan fingerprint density at radius 2 is 1.19 bits per heavy atom. The second-order valence-corrected chi connectivity index (χ2v) is 12.8. The van der Waals surface area contributed by atoms with Crippen LogP contribution in [0.4, 0.5) is 0 Å². The zero-order valence-electron chi connectivity index (χ0n) is 25.3. The molecule has 0 aliphatic carbocycles. The van der Waals surface area contributed by atoms with Crippen LogP contribution in [0.1, 0.15) is 186 Å². The first-order chi connectivity index (χ1) is 17.6. The second-order valence-electron chi connectivity index (χ2n) is 12.8. The quantitative estimate of drug-likeness (QED) is 0.160. The number of carboxylic acids is 1. The van der Waals surface area contributed by atoms with Gasteiger partial charge >= 0.3 is 5.97 Å². The van der Waals surface area contributed by atoms with E-state index < -0.39 is 5.97 Å². The monoisotopic (exact) mass is 516 g/mol. The van der Waals surface area contributed by atoms with Crippen LogP contribution in [-0.4, -0.2) is 16.2 Å². The van der Waals surface area contributed by atoms with Crippen molar-refractivity contribution >= 4 is 5.97 Å². The van der Waals surface area contributed by atoms with Gasteiger partial charge < -0.3 is 10.2 Å². The number of aromatic hydroxyl groups is 1. The van der Waals surface area contributed by atoms with E-state index in [1.165, 1.54) is 96.3 Å². The minimum Gasteiger partial charge on any atom is -0.507 e. The summed E-state index contributed by atoms with van der Waals surface area (Å²) in [4.78, 5) is 11.7. The van der Waals surface area contributed by atoms with E-state index in [-0.39, 0.29) is 23.7 Å². The first kappa shape index (κ1) is 33.5. The molecule has 1 aromatic carbocycles. The van der Waals surface area contributed by atoms with Crippen molar-refractivity contribution in [2.24, 2.45) is 0 Å². The number of unbranched alkanes of at least 4 members (excludes halogenated alkanes) is 15. The number of phenolic OH excluding ortho intramolecular Hbond substituents is 1. The molecular formula is C34H60O3. The molecule has 0 radical (unpaired) electrons. The van der Waals surface area contributed by atoms with E-state index in [9.17, 15) is 15.0 Å². The maximum atomic E-state index is 11.7. The topological polar surface area (TPSA) is 57.5 Å². The third-order valence-corrected chi connectivity index (χ3v) is 7.89. The number of hydrogen-bond donors (Lipinski definition) is 2. The van der Waals surface area contributed by atoms with Gasteiger partial charge in [-0.05, 0) is 40.4 Å². The fourth-order valence-electron chi connectivity index (χ4n) is 5.46. The molecule has 1 rings (SSSR count). The summed E-state index contributed by atoms with van der Waals surface area (Å²) in [6.45, 7) is 12.8. The van der Waals surface area contributed by atoms with Gasteiger partial charge in [-0.1, -0.05) is 156 Å². The first-order valence-corrected chi connectivity index (χ1v) is 15.7. The Morgan fingerprint density at radius 1 is 0.757 bits per heavy atom. The molecule has 0 fully saturated rings. The molecule has 1 aromatic rings. The van der Waals surface area contributed by atoms with E-state index in [1.54, 1.807) is 0 Å². The largest absolute Gasteiger partial charge is 0.507 e. The molecule has 0 bridgehead atoms. The molecule has 1 unspecified atom stereocenters. The lowest BCUT2D eigenvalue weighted by atomic mass is 9.79. The van der Waals surface area contributed by atoms with Crippen LogP contribution in [0.15, 0.2) is 12.1 Å². The number of hydrogen-bond acceptors (Lipinski definition) is 2. The van der Waals surface area contributed by atoms with Crippen LogP contribution >= 0.6 is 0 Å². The Morgan fingerprint density at radius 3 is 1.57 bits per heavy atom. The van der Waals surface area contributed by atoms with Crippen LogP contribution < -0.4 is 0 Å². The highest BCUT2D eigenvalue weighted by Gasteiger charge is 2.25. The Hall–Kier alpha value is -1.51. The molecule has 0 spiro atoms. The number of carbonyl (C=O) groups is 1. The zero-order chi connectivity index (χ0) is 27.7. The SMILES string of the molecule is CCCCCCCCCCCCCCCCCCC(CC(=O)O)c1cc(C(C)C)c(O)c(C(C)(C)C)c1. The van der Waals surface area contributed by atoms with Crippen molar-refractivity contribution in [1.29, 1.82) is 0 Å². The molecule has 37 heavy (non-hydrogen) atoms. The highest BCUT2D eigenvalue weighted by Crippen LogP contribution is 2.40. The molecule has 0 saturated heterocycles. The fourth-order valence-corrected chi connectivity index (χ4v) is 5.46. The van der Waals surface area contributed by atoms with Crippen molar-refractivity contribution in [1.82, 2.24) is 0 Å². The van der Waals surface area contributed by atoms with E-state index in [2.05, 4.69) is 53.7 Å². The third kappa shape index (κ3) is 14.3. The van der Waals surface area contributed by atoms with Crippen molar-refractivity contribution in [3.8, 4) is 5.75 Å². The van der Waals surface area contributed by atoms with Gasteiger partial charge in [0.15, 0.2) is 0 Å². The lowest BCUT2D eigenvalue weighted by Gasteiger charge is -2.26. The number of aliphatic carboxylic acids is 1. The van der Waals surface area contributed by atoms with Gasteiger partial charge in [-0.2, -0.15) is 0 Å². The van der Waals surface area contributed by atoms with Crippen molar-refractivity contribution < 1.29 is 15.0 Å². The molecule has 0 aliphatic rings. The van der Waals surface area contributed by atoms with Crippen LogP contribution in [0.25, 0.3) is 0 Å². The summed E-state index contributed by atoms with van der Waals surface area (Å²) in [6, 6.07) is 4.14. The van der Waals surface area contributed by atoms with Crippen LogP contribution in [0.5, 0.6) is 5.75 Å². The summed E-state index contributed by atoms with van der Waals surface area (Å²) in [7, 11) is 0. The maximum absolute atomic E-state index is 11.7. The summed E-state index contributed by atoms with van der Waals surface area (Å²) in [5.74, 6) is -0.161. The van der Waals surface area contributed by atoms with E-state index in [4.69, 9.17) is 0 Å². The molecular weight excluding hydrogens is 456 g/mol. The molecule has 0 saturated carbocycles. The minimum absolute atomic E-state index is 0.00310. The van der Waals surface area contributed by atoms with Gasteiger partial charge in [0.05, 0.1) is 6.42 Å². The highest BCUT2D eigenvalue weighted by molar-refractivity contribution is 5.68. The van der Waals surface area contributed by atoms with Crippen LogP contribution in [0.2, 0.25) is 0 Å². The fraction of sp³-hybridized carbons (Fsp3) is 0.794. The third-order valence-electron chi connectivity index (χ3n) is 7.89. The van der Waals surface area contributed by atoms with Gasteiger partial charge in [0.2, 0.25) is 0 Å². The average molecular weight is 517 g/mol. The molecule has 3 nitrogen and oxygen atoms in total. The first-order valence-electron chi connectivity index (χ1n) is 15.7. The van der Waals surface area contributed by atoms with E-state index in [0.717, 1.165) is 29.5 Å². The summed E-state index contributed by atoms with van der Waals surface area (Å²) >= 11 is 0. The van der Waals surface area contributed by atoms with Gasteiger partial charge in [-0.15, -0.1) is 0 Å². The lowest BCUT2D eigenvalue weighted by Crippen LogP contribution is -2.15. The number of rotatable bonds is 21. The van der Waals surface area contributed by atoms with Crippen LogP contribution in [0.3, 0.4) is 0 Å². The summed E-state index contributed by atoms with van der Waals surface area (Å²) < 4.78 is 0. The van der Waals surface area contributed by atoms with E-state index >= 15 is 0 Å². The molecule has 3 heteroatoms. The van der Waals surface area contributed by atoms with Crippen LogP contribution in [-0.2, 0) is 10.2 Å². The zero-order valence-corrected chi connectivity index (χ0v) is 25.3. The van der Waals surface area contributed by atoms with Crippen molar-refractivity contribution in [2.45, 2.75) is 174 Å². The van der Waals surface area contributed by atoms with Crippen molar-refractivity contribution in [3.63, 3.8) is 0 Å². The summed E-state index contributed by atoms with van der Waals surface area (Å²) in [5, 5.41) is 20.5. The van der Waals surface area contributed by atoms with Crippen molar-refractivity contribution in [3.05, 3.63) is 28.8 Å². The molecule has 0 amide bonds. The maximum Gasteiger partial charge on any atom is 0.303 e. The van der Waals surface area contributed by atoms with Gasteiger partial charge in [0.25, 0.3) is 0 Å². The Balaban J connectivity index is 2.38. The molecule has 0 aromatic heterocycles. The van der Waals surface area contributed by atoms with Gasteiger partial charge in [-0.25, -0.2) is 0 Å². The van der Waals surface area contributed by atoms with Crippen molar-refractivity contribution in [2.75, 3.05) is 0 Å². The molecule has 0 aliphatic heterocycles. The van der Waals surface area contributed by atoms with E-state index in [0.29, 0.717) is 5.75 Å². The summed E-state index contributed by atoms with van der Waals surface area (Å²) in [6.07, 6.45) is 22.6. The second kappa shape index (κ2) is 18.7. The number of phenols is 1. The molecule has 214 valence electrons. The minimum atomic E-state index is -0.738. The number of carboxylic acid groups (broad SMARTS) is 1. The molecule has 2 N–H and O–H groups in total. The van der Waals surface area contributed by atoms with Gasteiger partial charge in [0, 0.05) is 0 Å². The van der Waals surface area contributed by atoms with E-state index in [1.807, 2.05) is 0 Å².